The van der Waals surface area contributed by atoms with Crippen molar-refractivity contribution < 1.29 is 9.59 Å². The first-order valence-corrected chi connectivity index (χ1v) is 6.13. The maximum atomic E-state index is 11.9. The van der Waals surface area contributed by atoms with Crippen LogP contribution in [0.1, 0.15) is 36.0 Å². The van der Waals surface area contributed by atoms with E-state index in [4.69, 9.17) is 0 Å². The molecule has 3 heteroatoms. The number of amides is 1. The van der Waals surface area contributed by atoms with Crippen molar-refractivity contribution in [3.05, 3.63) is 35.9 Å². The molecule has 17 heavy (non-hydrogen) atoms. The highest BCUT2D eigenvalue weighted by atomic mass is 16.2. The zero-order valence-corrected chi connectivity index (χ0v) is 9.89. The van der Waals surface area contributed by atoms with Crippen LogP contribution in [-0.2, 0) is 4.79 Å². The average Bonchev–Trinajstić information content (AvgIpc) is 2.38. The van der Waals surface area contributed by atoms with Crippen LogP contribution in [0.4, 0.5) is 0 Å². The highest BCUT2D eigenvalue weighted by Gasteiger charge is 2.18. The summed E-state index contributed by atoms with van der Waals surface area (Å²) >= 11 is 0. The van der Waals surface area contributed by atoms with Crippen LogP contribution in [0.5, 0.6) is 0 Å². The number of nitrogens with zero attached hydrogens (tertiary/aromatic N) is 1. The minimum atomic E-state index is 0.115. The summed E-state index contributed by atoms with van der Waals surface area (Å²) in [6.07, 6.45) is 3.11. The molecule has 0 saturated carbocycles. The number of carbonyl (C=O) groups excluding carboxylic acids is 2. The molecule has 1 aromatic carbocycles. The Kier molecular flexibility index (Phi) is 3.91. The number of benzene rings is 1. The smallest absolute Gasteiger partial charge is 0.222 e. The van der Waals surface area contributed by atoms with E-state index in [1.165, 1.54) is 0 Å². The van der Waals surface area contributed by atoms with Gasteiger partial charge >= 0.3 is 0 Å². The number of likely N-dealkylation sites (tertiary alicyclic amines) is 1. The number of hydrogen-bond donors (Lipinski definition) is 0. The van der Waals surface area contributed by atoms with E-state index < -0.39 is 0 Å². The van der Waals surface area contributed by atoms with Crippen molar-refractivity contribution >= 4 is 11.7 Å². The summed E-state index contributed by atoms with van der Waals surface area (Å²) in [5.41, 5.74) is 0.733. The summed E-state index contributed by atoms with van der Waals surface area (Å²) in [5, 5.41) is 0. The van der Waals surface area contributed by atoms with Crippen LogP contribution in [0.2, 0.25) is 0 Å². The molecule has 1 aromatic rings. The van der Waals surface area contributed by atoms with Crippen LogP contribution < -0.4 is 0 Å². The van der Waals surface area contributed by atoms with Crippen LogP contribution in [0, 0.1) is 0 Å². The van der Waals surface area contributed by atoms with E-state index in [0.29, 0.717) is 19.4 Å². The molecule has 0 aliphatic carbocycles. The third kappa shape index (κ3) is 3.16. The van der Waals surface area contributed by atoms with E-state index >= 15 is 0 Å². The lowest BCUT2D eigenvalue weighted by Crippen LogP contribution is -2.36. The van der Waals surface area contributed by atoms with E-state index in [2.05, 4.69) is 0 Å². The van der Waals surface area contributed by atoms with E-state index in [1.54, 1.807) is 0 Å². The standard InChI is InChI=1S/C14H17NO2/c16-13(12-6-2-1-3-7-12)9-11-15-10-5-4-8-14(15)17/h1-3,6-7H,4-5,8-11H2. The van der Waals surface area contributed by atoms with Crippen LogP contribution in [0.3, 0.4) is 0 Å². The predicted molar refractivity (Wildman–Crippen MR) is 65.8 cm³/mol. The van der Waals surface area contributed by atoms with E-state index in [0.717, 1.165) is 24.9 Å². The molecule has 1 aliphatic rings. The molecule has 2 rings (SSSR count). The van der Waals surface area contributed by atoms with Crippen LogP contribution >= 0.6 is 0 Å². The van der Waals surface area contributed by atoms with Crippen molar-refractivity contribution in [1.29, 1.82) is 0 Å². The van der Waals surface area contributed by atoms with Crippen molar-refractivity contribution in [2.24, 2.45) is 0 Å². The second kappa shape index (κ2) is 5.62. The second-order valence-electron chi connectivity index (χ2n) is 4.38. The van der Waals surface area contributed by atoms with Gasteiger partial charge in [0.2, 0.25) is 5.91 Å². The van der Waals surface area contributed by atoms with Gasteiger partial charge in [-0.2, -0.15) is 0 Å². The van der Waals surface area contributed by atoms with Gasteiger partial charge in [0.05, 0.1) is 0 Å². The molecule has 0 unspecified atom stereocenters. The Bertz CT molecular complexity index is 400. The minimum Gasteiger partial charge on any atom is -0.342 e. The second-order valence-corrected chi connectivity index (χ2v) is 4.38. The van der Waals surface area contributed by atoms with Gasteiger partial charge in [0.25, 0.3) is 0 Å². The van der Waals surface area contributed by atoms with E-state index in [9.17, 15) is 9.59 Å². The van der Waals surface area contributed by atoms with Crippen molar-refractivity contribution in [3.8, 4) is 0 Å². The molecule has 0 radical (unpaired) electrons. The van der Waals surface area contributed by atoms with Gasteiger partial charge in [0.1, 0.15) is 0 Å². The summed E-state index contributed by atoms with van der Waals surface area (Å²) in [7, 11) is 0. The van der Waals surface area contributed by atoms with E-state index in [1.807, 2.05) is 35.2 Å². The Balaban J connectivity index is 1.86. The average molecular weight is 231 g/mol. The van der Waals surface area contributed by atoms with Gasteiger partial charge in [-0.05, 0) is 12.8 Å². The zero-order chi connectivity index (χ0) is 12.1. The van der Waals surface area contributed by atoms with Gasteiger partial charge < -0.3 is 4.90 Å². The highest BCUT2D eigenvalue weighted by molar-refractivity contribution is 5.96. The van der Waals surface area contributed by atoms with Gasteiger partial charge in [-0.3, -0.25) is 9.59 Å². The van der Waals surface area contributed by atoms with Gasteiger partial charge in [-0.25, -0.2) is 0 Å². The van der Waals surface area contributed by atoms with Gasteiger partial charge in [0.15, 0.2) is 5.78 Å². The summed E-state index contributed by atoms with van der Waals surface area (Å²) in [4.78, 5) is 25.2. The Morgan fingerprint density at radius 1 is 1.18 bits per heavy atom. The number of rotatable bonds is 4. The quantitative estimate of drug-likeness (QED) is 0.745. The van der Waals surface area contributed by atoms with Crippen molar-refractivity contribution in [1.82, 2.24) is 4.90 Å². The third-order valence-corrected chi connectivity index (χ3v) is 3.13. The first-order chi connectivity index (χ1) is 8.27. The molecule has 1 saturated heterocycles. The fourth-order valence-electron chi connectivity index (χ4n) is 2.10. The normalized spacial score (nSPS) is 16.0. The molecule has 1 amide bonds. The molecule has 0 spiro atoms. The number of hydrogen-bond acceptors (Lipinski definition) is 2. The maximum absolute atomic E-state index is 11.9. The lowest BCUT2D eigenvalue weighted by molar-refractivity contribution is -0.133. The zero-order valence-electron chi connectivity index (χ0n) is 9.89. The van der Waals surface area contributed by atoms with Crippen LogP contribution in [0.15, 0.2) is 30.3 Å². The van der Waals surface area contributed by atoms with E-state index in [-0.39, 0.29) is 11.7 Å². The molecule has 0 aromatic heterocycles. The summed E-state index contributed by atoms with van der Waals surface area (Å²) in [6.45, 7) is 1.37. The largest absolute Gasteiger partial charge is 0.342 e. The molecule has 1 aliphatic heterocycles. The molecular formula is C14H17NO2. The molecule has 1 fully saturated rings. The molecule has 0 bridgehead atoms. The molecular weight excluding hydrogens is 214 g/mol. The lowest BCUT2D eigenvalue weighted by Gasteiger charge is -2.26. The van der Waals surface area contributed by atoms with Crippen molar-refractivity contribution in [3.63, 3.8) is 0 Å². The first kappa shape index (κ1) is 11.8. The highest BCUT2D eigenvalue weighted by Crippen LogP contribution is 2.12. The number of piperidine rings is 1. The minimum absolute atomic E-state index is 0.115. The third-order valence-electron chi connectivity index (χ3n) is 3.13. The molecule has 0 N–H and O–H groups in total. The molecule has 0 atom stereocenters. The molecule has 90 valence electrons. The van der Waals surface area contributed by atoms with Gasteiger partial charge in [-0.1, -0.05) is 30.3 Å². The number of Topliss-reactive ketones (excluding diaryl/α,β-unsaturated/α-hetero) is 1. The summed E-state index contributed by atoms with van der Waals surface area (Å²) < 4.78 is 0. The van der Waals surface area contributed by atoms with Gasteiger partial charge in [-0.15, -0.1) is 0 Å². The Morgan fingerprint density at radius 3 is 2.65 bits per heavy atom. The lowest BCUT2D eigenvalue weighted by atomic mass is 10.1. The predicted octanol–water partition coefficient (Wildman–Crippen LogP) is 2.27. The SMILES string of the molecule is O=C(CCN1CCCCC1=O)c1ccccc1. The summed E-state index contributed by atoms with van der Waals surface area (Å²) in [5.74, 6) is 0.307. The topological polar surface area (TPSA) is 37.4 Å². The maximum Gasteiger partial charge on any atom is 0.222 e. The molecule has 1 heterocycles. The van der Waals surface area contributed by atoms with Crippen molar-refractivity contribution in [2.45, 2.75) is 25.7 Å². The fourth-order valence-corrected chi connectivity index (χ4v) is 2.10. The Labute approximate surface area is 101 Å². The fraction of sp³-hybridized carbons (Fsp3) is 0.429. The van der Waals surface area contributed by atoms with Gasteiger partial charge in [0, 0.05) is 31.5 Å². The van der Waals surface area contributed by atoms with Crippen LogP contribution in [-0.4, -0.2) is 29.7 Å². The van der Waals surface area contributed by atoms with Crippen LogP contribution in [0.25, 0.3) is 0 Å². The first-order valence-electron chi connectivity index (χ1n) is 6.13. The Hall–Kier alpha value is -1.64. The number of ketones is 1. The summed E-state index contributed by atoms with van der Waals surface area (Å²) in [6, 6.07) is 9.25. The van der Waals surface area contributed by atoms with Crippen molar-refractivity contribution in [2.75, 3.05) is 13.1 Å². The Morgan fingerprint density at radius 2 is 1.94 bits per heavy atom. The number of carbonyl (C=O) groups is 2. The monoisotopic (exact) mass is 231 g/mol. The molecule has 3 nitrogen and oxygen atoms in total.